The molecule has 2 N–H and O–H groups in total. The highest BCUT2D eigenvalue weighted by Gasteiger charge is 2.24. The average molecular weight is 279 g/mol. The summed E-state index contributed by atoms with van der Waals surface area (Å²) in [4.78, 5) is 4.21. The Labute approximate surface area is 116 Å². The first-order valence-electron chi connectivity index (χ1n) is 6.20. The molecule has 0 radical (unpaired) electrons. The Morgan fingerprint density at radius 3 is 3.11 bits per heavy atom. The number of aryl methyl sites for hydroxylation is 1. The maximum absolute atomic E-state index is 6.09. The topological polar surface area (TPSA) is 66.0 Å². The van der Waals surface area contributed by atoms with Crippen LogP contribution in [0.15, 0.2) is 18.2 Å². The van der Waals surface area contributed by atoms with Crippen molar-refractivity contribution in [2.45, 2.75) is 25.3 Å². The lowest BCUT2D eigenvalue weighted by atomic mass is 9.91. The highest BCUT2D eigenvalue weighted by Crippen LogP contribution is 2.35. The number of benzene rings is 1. The first-order chi connectivity index (χ1) is 9.17. The molecule has 1 aromatic carbocycles. The molecule has 3 rings (SSSR count). The molecule has 1 unspecified atom stereocenters. The Morgan fingerprint density at radius 2 is 2.32 bits per heavy atom. The van der Waals surface area contributed by atoms with Crippen LogP contribution in [-0.4, -0.2) is 21.9 Å². The molecule has 1 aromatic heterocycles. The van der Waals surface area contributed by atoms with E-state index >= 15 is 0 Å². The number of methoxy groups -OCH3 is 1. The number of hydrogen-bond donors (Lipinski definition) is 1. The van der Waals surface area contributed by atoms with Crippen LogP contribution >= 0.6 is 11.6 Å². The van der Waals surface area contributed by atoms with Crippen molar-refractivity contribution in [1.29, 1.82) is 0 Å². The summed E-state index contributed by atoms with van der Waals surface area (Å²) >= 11 is 6.09. The van der Waals surface area contributed by atoms with Gasteiger partial charge in [-0.2, -0.15) is 4.98 Å². The molecule has 0 spiro atoms. The maximum Gasteiger partial charge on any atom is 0.239 e. The van der Waals surface area contributed by atoms with Crippen molar-refractivity contribution in [2.24, 2.45) is 0 Å². The van der Waals surface area contributed by atoms with E-state index in [2.05, 4.69) is 10.1 Å². The predicted molar refractivity (Wildman–Crippen MR) is 73.5 cm³/mol. The van der Waals surface area contributed by atoms with Crippen LogP contribution in [0.1, 0.15) is 23.7 Å². The van der Waals surface area contributed by atoms with Crippen LogP contribution in [0.25, 0.3) is 0 Å². The molecule has 100 valence electrons. The number of rotatable bonds is 2. The predicted octanol–water partition coefficient (Wildman–Crippen LogP) is 2.25. The standard InChI is InChI=1S/C13H15ClN4O/c1-19-11-4-3-9(14)6-10(11)8-2-5-12-16-13(15)17-18(12)7-8/h3-4,6,8H,2,5,7H2,1H3,(H2,15,17). The second kappa shape index (κ2) is 4.74. The summed E-state index contributed by atoms with van der Waals surface area (Å²) in [5.41, 5.74) is 6.75. The van der Waals surface area contributed by atoms with E-state index in [-0.39, 0.29) is 0 Å². The maximum atomic E-state index is 6.09. The van der Waals surface area contributed by atoms with Crippen LogP contribution in [0.5, 0.6) is 5.75 Å². The molecule has 1 aliphatic rings. The van der Waals surface area contributed by atoms with Crippen molar-refractivity contribution in [3.8, 4) is 5.75 Å². The van der Waals surface area contributed by atoms with E-state index in [0.717, 1.165) is 41.5 Å². The SMILES string of the molecule is COc1ccc(Cl)cc1C1CCc2nc(N)nn2C1. The molecule has 1 atom stereocenters. The van der Waals surface area contributed by atoms with Crippen molar-refractivity contribution < 1.29 is 4.74 Å². The fraction of sp³-hybridized carbons (Fsp3) is 0.385. The van der Waals surface area contributed by atoms with Crippen molar-refractivity contribution in [3.05, 3.63) is 34.6 Å². The molecule has 0 bridgehead atoms. The Bertz CT molecular complexity index is 611. The third kappa shape index (κ3) is 2.26. The monoisotopic (exact) mass is 278 g/mol. The quantitative estimate of drug-likeness (QED) is 0.915. The summed E-state index contributed by atoms with van der Waals surface area (Å²) in [6.45, 7) is 0.760. The average Bonchev–Trinajstić information content (AvgIpc) is 2.77. The molecule has 0 saturated heterocycles. The number of hydrogen-bond acceptors (Lipinski definition) is 4. The normalized spacial score (nSPS) is 18.1. The second-order valence-corrected chi connectivity index (χ2v) is 5.13. The molecule has 5 nitrogen and oxygen atoms in total. The van der Waals surface area contributed by atoms with Gasteiger partial charge in [0.25, 0.3) is 0 Å². The highest BCUT2D eigenvalue weighted by molar-refractivity contribution is 6.30. The minimum absolute atomic E-state index is 0.322. The van der Waals surface area contributed by atoms with Gasteiger partial charge in [0, 0.05) is 22.9 Å². The van der Waals surface area contributed by atoms with Crippen molar-refractivity contribution in [3.63, 3.8) is 0 Å². The number of ether oxygens (including phenoxy) is 1. The van der Waals surface area contributed by atoms with Crippen LogP contribution in [0, 0.1) is 0 Å². The van der Waals surface area contributed by atoms with E-state index < -0.39 is 0 Å². The minimum Gasteiger partial charge on any atom is -0.496 e. The molecule has 0 aliphatic carbocycles. The Morgan fingerprint density at radius 1 is 1.47 bits per heavy atom. The first kappa shape index (κ1) is 12.3. The van der Waals surface area contributed by atoms with E-state index in [1.165, 1.54) is 0 Å². The molecule has 0 fully saturated rings. The van der Waals surface area contributed by atoms with Crippen LogP contribution < -0.4 is 10.5 Å². The molecular formula is C13H15ClN4O. The van der Waals surface area contributed by atoms with Crippen LogP contribution in [0.4, 0.5) is 5.95 Å². The summed E-state index contributed by atoms with van der Waals surface area (Å²) in [6, 6.07) is 5.71. The minimum atomic E-state index is 0.322. The summed E-state index contributed by atoms with van der Waals surface area (Å²) in [5, 5.41) is 4.94. The van der Waals surface area contributed by atoms with Gasteiger partial charge >= 0.3 is 0 Å². The van der Waals surface area contributed by atoms with Gasteiger partial charge in [0.15, 0.2) is 0 Å². The van der Waals surface area contributed by atoms with E-state index in [4.69, 9.17) is 22.1 Å². The van der Waals surface area contributed by atoms with Crippen LogP contribution in [0.2, 0.25) is 5.02 Å². The van der Waals surface area contributed by atoms with Gasteiger partial charge in [-0.15, -0.1) is 5.10 Å². The molecular weight excluding hydrogens is 264 g/mol. The number of anilines is 1. The molecule has 2 aromatic rings. The van der Waals surface area contributed by atoms with Gasteiger partial charge < -0.3 is 10.5 Å². The van der Waals surface area contributed by atoms with E-state index in [0.29, 0.717) is 11.9 Å². The van der Waals surface area contributed by atoms with Gasteiger partial charge in [-0.25, -0.2) is 4.68 Å². The van der Waals surface area contributed by atoms with Gasteiger partial charge in [-0.1, -0.05) is 11.6 Å². The molecule has 2 heterocycles. The van der Waals surface area contributed by atoms with Crippen LogP contribution in [-0.2, 0) is 13.0 Å². The van der Waals surface area contributed by atoms with E-state index in [1.807, 2.05) is 22.9 Å². The fourth-order valence-corrected chi connectivity index (χ4v) is 2.79. The first-order valence-corrected chi connectivity index (χ1v) is 6.58. The third-order valence-electron chi connectivity index (χ3n) is 3.51. The number of nitrogens with zero attached hydrogens (tertiary/aromatic N) is 3. The smallest absolute Gasteiger partial charge is 0.239 e. The lowest BCUT2D eigenvalue weighted by Crippen LogP contribution is -2.20. The number of nitrogen functional groups attached to an aromatic ring is 1. The fourth-order valence-electron chi connectivity index (χ4n) is 2.61. The van der Waals surface area contributed by atoms with Gasteiger partial charge in [-0.05, 0) is 24.6 Å². The lowest BCUT2D eigenvalue weighted by Gasteiger charge is -2.24. The molecule has 19 heavy (non-hydrogen) atoms. The zero-order chi connectivity index (χ0) is 13.4. The highest BCUT2D eigenvalue weighted by atomic mass is 35.5. The van der Waals surface area contributed by atoms with Crippen molar-refractivity contribution in [2.75, 3.05) is 12.8 Å². The van der Waals surface area contributed by atoms with Gasteiger partial charge in [0.05, 0.1) is 13.7 Å². The van der Waals surface area contributed by atoms with Crippen molar-refractivity contribution in [1.82, 2.24) is 14.8 Å². The zero-order valence-corrected chi connectivity index (χ0v) is 11.4. The number of fused-ring (bicyclic) bond motifs is 1. The summed E-state index contributed by atoms with van der Waals surface area (Å²) in [6.07, 6.45) is 1.86. The number of nitrogens with two attached hydrogens (primary N) is 1. The number of aromatic nitrogens is 3. The van der Waals surface area contributed by atoms with Crippen LogP contribution in [0.3, 0.4) is 0 Å². The van der Waals surface area contributed by atoms with Crippen molar-refractivity contribution >= 4 is 17.5 Å². The lowest BCUT2D eigenvalue weighted by molar-refractivity contribution is 0.381. The van der Waals surface area contributed by atoms with Gasteiger partial charge in [-0.3, -0.25) is 0 Å². The summed E-state index contributed by atoms with van der Waals surface area (Å²) in [7, 11) is 1.68. The Kier molecular flexibility index (Phi) is 3.06. The van der Waals surface area contributed by atoms with E-state index in [1.54, 1.807) is 7.11 Å². The van der Waals surface area contributed by atoms with E-state index in [9.17, 15) is 0 Å². The Hall–Kier alpha value is -1.75. The largest absolute Gasteiger partial charge is 0.496 e. The molecule has 6 heteroatoms. The summed E-state index contributed by atoms with van der Waals surface area (Å²) in [5.74, 6) is 2.48. The zero-order valence-electron chi connectivity index (χ0n) is 10.6. The van der Waals surface area contributed by atoms with Gasteiger partial charge in [0.2, 0.25) is 5.95 Å². The third-order valence-corrected chi connectivity index (χ3v) is 3.74. The summed E-state index contributed by atoms with van der Waals surface area (Å²) < 4.78 is 7.30. The number of halogens is 1. The Balaban J connectivity index is 1.94. The molecule has 0 saturated carbocycles. The van der Waals surface area contributed by atoms with Gasteiger partial charge in [0.1, 0.15) is 11.6 Å². The second-order valence-electron chi connectivity index (χ2n) is 4.69. The molecule has 1 aliphatic heterocycles. The molecule has 0 amide bonds.